The maximum Gasteiger partial charge on any atom is 0.324 e. The van der Waals surface area contributed by atoms with Gasteiger partial charge in [-0.2, -0.15) is 8.42 Å². The molecule has 2 bridgehead atoms. The first-order valence-corrected chi connectivity index (χ1v) is 8.99. The molecule has 2 aliphatic carbocycles. The van der Waals surface area contributed by atoms with E-state index in [1.165, 1.54) is 0 Å². The molecule has 2 fully saturated rings. The number of benzene rings is 1. The van der Waals surface area contributed by atoms with Crippen molar-refractivity contribution < 1.29 is 44.2 Å². The van der Waals surface area contributed by atoms with E-state index in [4.69, 9.17) is 0 Å². The van der Waals surface area contributed by atoms with E-state index in [2.05, 4.69) is 4.28 Å². The van der Waals surface area contributed by atoms with Gasteiger partial charge >= 0.3 is 10.1 Å². The average Bonchev–Trinajstić information content (AvgIpc) is 3.28. The third kappa shape index (κ3) is 2.29. The third-order valence-electron chi connectivity index (χ3n) is 5.02. The SMILES string of the molecule is O=C1C2C3C=CC(C3)[C@H]2C(=O)N1OS(=O)(=O)c1c(F)c(F)c(F)c(F)c1F. The summed E-state index contributed by atoms with van der Waals surface area (Å²) >= 11 is 0. The maximum absolute atomic E-state index is 13.8. The van der Waals surface area contributed by atoms with E-state index < -0.39 is 67.7 Å². The van der Waals surface area contributed by atoms with E-state index in [1.807, 2.05) is 0 Å². The van der Waals surface area contributed by atoms with Gasteiger partial charge in [0.2, 0.25) is 5.82 Å². The molecule has 1 heterocycles. The molecule has 3 unspecified atom stereocenters. The number of carbonyl (C=O) groups is 2. The van der Waals surface area contributed by atoms with Gasteiger partial charge in [0.15, 0.2) is 28.2 Å². The zero-order chi connectivity index (χ0) is 19.8. The predicted octanol–water partition coefficient (Wildman–Crippen LogP) is 1.81. The highest BCUT2D eigenvalue weighted by atomic mass is 32.2. The minimum atomic E-state index is -5.71. The summed E-state index contributed by atoms with van der Waals surface area (Å²) in [6.07, 6.45) is 3.91. The number of imide groups is 1. The van der Waals surface area contributed by atoms with E-state index in [-0.39, 0.29) is 16.9 Å². The Kier molecular flexibility index (Phi) is 3.73. The number of carbonyl (C=O) groups excluding carboxylic acids is 2. The van der Waals surface area contributed by atoms with Gasteiger partial charge in [-0.25, -0.2) is 22.0 Å². The van der Waals surface area contributed by atoms with Crippen molar-refractivity contribution in [2.24, 2.45) is 23.7 Å². The van der Waals surface area contributed by atoms with Gasteiger partial charge in [-0.05, 0) is 18.3 Å². The number of allylic oxidation sites excluding steroid dienone is 2. The zero-order valence-electron chi connectivity index (χ0n) is 13.0. The molecule has 0 N–H and O–H groups in total. The summed E-state index contributed by atoms with van der Waals surface area (Å²) in [7, 11) is -5.71. The second-order valence-electron chi connectivity index (χ2n) is 6.40. The van der Waals surface area contributed by atoms with Gasteiger partial charge in [0.25, 0.3) is 11.8 Å². The summed E-state index contributed by atoms with van der Waals surface area (Å²) < 4.78 is 95.6. The van der Waals surface area contributed by atoms with Crippen LogP contribution < -0.4 is 0 Å². The Hall–Kier alpha value is -2.34. The summed E-state index contributed by atoms with van der Waals surface area (Å²) in [6, 6.07) is 0. The lowest BCUT2D eigenvalue weighted by atomic mass is 9.85. The highest BCUT2D eigenvalue weighted by molar-refractivity contribution is 7.86. The molecule has 1 aromatic carbocycles. The second-order valence-corrected chi connectivity index (χ2v) is 7.86. The monoisotopic (exact) mass is 409 g/mol. The van der Waals surface area contributed by atoms with Gasteiger partial charge in [-0.1, -0.05) is 12.2 Å². The van der Waals surface area contributed by atoms with Crippen molar-refractivity contribution in [3.63, 3.8) is 0 Å². The molecule has 6 nitrogen and oxygen atoms in total. The summed E-state index contributed by atoms with van der Waals surface area (Å²) in [4.78, 5) is 22.4. The van der Waals surface area contributed by atoms with Crippen LogP contribution in [0.15, 0.2) is 17.0 Å². The fraction of sp³-hybridized carbons (Fsp3) is 0.333. The number of hydrogen-bond donors (Lipinski definition) is 0. The van der Waals surface area contributed by atoms with E-state index >= 15 is 0 Å². The van der Waals surface area contributed by atoms with Gasteiger partial charge < -0.3 is 0 Å². The van der Waals surface area contributed by atoms with Crippen molar-refractivity contribution in [1.82, 2.24) is 5.06 Å². The van der Waals surface area contributed by atoms with Crippen LogP contribution >= 0.6 is 0 Å². The molecule has 27 heavy (non-hydrogen) atoms. The molecule has 2 amide bonds. The fourth-order valence-corrected chi connectivity index (χ4v) is 4.92. The molecule has 144 valence electrons. The zero-order valence-corrected chi connectivity index (χ0v) is 13.8. The number of amides is 2. The van der Waals surface area contributed by atoms with Crippen LogP contribution in [0.25, 0.3) is 0 Å². The lowest BCUT2D eigenvalue weighted by molar-refractivity contribution is -0.166. The largest absolute Gasteiger partial charge is 0.324 e. The molecular formula is C15H8F5NO5S. The van der Waals surface area contributed by atoms with Crippen LogP contribution in [0.1, 0.15) is 6.42 Å². The lowest BCUT2D eigenvalue weighted by Gasteiger charge is -2.16. The van der Waals surface area contributed by atoms with Crippen molar-refractivity contribution in [1.29, 1.82) is 0 Å². The van der Waals surface area contributed by atoms with Gasteiger partial charge in [-0.15, -0.1) is 9.35 Å². The molecule has 4 atom stereocenters. The Balaban J connectivity index is 1.72. The molecule has 0 aromatic heterocycles. The normalized spacial score (nSPS) is 29.1. The third-order valence-corrected chi connectivity index (χ3v) is 6.23. The van der Waals surface area contributed by atoms with Gasteiger partial charge in [0.1, 0.15) is 0 Å². The summed E-state index contributed by atoms with van der Waals surface area (Å²) in [6.45, 7) is 0. The molecule has 0 radical (unpaired) electrons. The number of nitrogens with zero attached hydrogens (tertiary/aromatic N) is 1. The fourth-order valence-electron chi connectivity index (χ4n) is 3.89. The summed E-state index contributed by atoms with van der Waals surface area (Å²) in [5.41, 5.74) is 0. The van der Waals surface area contributed by atoms with Crippen LogP contribution in [0.3, 0.4) is 0 Å². The first kappa shape index (κ1) is 18.0. The van der Waals surface area contributed by atoms with E-state index in [9.17, 15) is 40.0 Å². The van der Waals surface area contributed by atoms with Crippen molar-refractivity contribution in [3.8, 4) is 0 Å². The number of hydroxylamine groups is 2. The Morgan fingerprint density at radius 2 is 1.22 bits per heavy atom. The molecular weight excluding hydrogens is 401 g/mol. The number of fused-ring (bicyclic) bond motifs is 5. The van der Waals surface area contributed by atoms with Crippen LogP contribution in [0.4, 0.5) is 22.0 Å². The van der Waals surface area contributed by atoms with Crippen LogP contribution in [0.5, 0.6) is 0 Å². The molecule has 3 aliphatic rings. The Bertz CT molecular complexity index is 981. The summed E-state index contributed by atoms with van der Waals surface area (Å²) in [5.74, 6) is -17.4. The van der Waals surface area contributed by atoms with E-state index in [0.29, 0.717) is 6.42 Å². The number of rotatable bonds is 3. The number of hydrogen-bond acceptors (Lipinski definition) is 5. The van der Waals surface area contributed by atoms with Crippen LogP contribution in [0, 0.1) is 52.8 Å². The second kappa shape index (κ2) is 5.58. The first-order chi connectivity index (χ1) is 12.6. The van der Waals surface area contributed by atoms with Gasteiger partial charge in [-0.3, -0.25) is 9.59 Å². The van der Waals surface area contributed by atoms with Crippen molar-refractivity contribution in [2.45, 2.75) is 11.3 Å². The molecule has 0 spiro atoms. The van der Waals surface area contributed by atoms with Gasteiger partial charge in [0, 0.05) is 0 Å². The molecule has 1 saturated carbocycles. The van der Waals surface area contributed by atoms with Crippen LogP contribution in [0.2, 0.25) is 0 Å². The molecule has 1 aliphatic heterocycles. The Labute approximate surface area is 148 Å². The smallest absolute Gasteiger partial charge is 0.272 e. The topological polar surface area (TPSA) is 80.8 Å². The lowest BCUT2D eigenvalue weighted by Crippen LogP contribution is -2.36. The molecule has 4 rings (SSSR count). The molecule has 1 aromatic rings. The van der Waals surface area contributed by atoms with Crippen molar-refractivity contribution in [3.05, 3.63) is 41.2 Å². The highest BCUT2D eigenvalue weighted by Gasteiger charge is 2.61. The molecule has 1 saturated heterocycles. The van der Waals surface area contributed by atoms with E-state index in [1.54, 1.807) is 12.2 Å². The predicted molar refractivity (Wildman–Crippen MR) is 74.1 cm³/mol. The van der Waals surface area contributed by atoms with Crippen LogP contribution in [-0.4, -0.2) is 25.3 Å². The Morgan fingerprint density at radius 3 is 1.67 bits per heavy atom. The van der Waals surface area contributed by atoms with Crippen molar-refractivity contribution >= 4 is 21.9 Å². The minimum absolute atomic E-state index is 0.172. The minimum Gasteiger partial charge on any atom is -0.272 e. The highest BCUT2D eigenvalue weighted by Crippen LogP contribution is 2.52. The number of halogens is 5. The molecule has 12 heteroatoms. The standard InChI is InChI=1S/C15H8F5NO5S/c16-8-9(17)11(19)13(12(20)10(8)18)27(24,25)26-21-14(22)6-4-1-2-5(3-4)7(6)15(21)23/h1-2,4-7H,3H2/t4?,5?,6-,7?/m1/s1. The summed E-state index contributed by atoms with van der Waals surface area (Å²) in [5, 5.41) is -0.172. The van der Waals surface area contributed by atoms with Crippen LogP contribution in [-0.2, 0) is 24.0 Å². The Morgan fingerprint density at radius 1 is 0.815 bits per heavy atom. The first-order valence-electron chi connectivity index (χ1n) is 7.58. The van der Waals surface area contributed by atoms with Gasteiger partial charge in [0.05, 0.1) is 11.8 Å². The maximum atomic E-state index is 13.8. The average molecular weight is 409 g/mol. The quantitative estimate of drug-likeness (QED) is 0.250. The van der Waals surface area contributed by atoms with E-state index in [0.717, 1.165) is 0 Å². The van der Waals surface area contributed by atoms with Crippen molar-refractivity contribution in [2.75, 3.05) is 0 Å².